The van der Waals surface area contributed by atoms with Crippen molar-refractivity contribution in [2.75, 3.05) is 5.32 Å². The normalized spacial score (nSPS) is 18.8. The number of anilines is 1. The average Bonchev–Trinajstić information content (AvgIpc) is 2.64. The molecule has 1 aromatic carbocycles. The van der Waals surface area contributed by atoms with E-state index in [1.165, 1.54) is 17.0 Å². The third-order valence-corrected chi connectivity index (χ3v) is 3.75. The SMILES string of the molecule is CC(C)N1C(=O)S[C@@H](Nc2cccc(C(=O)O)c2)C1=O. The molecular formula is C13H14N2O4S. The zero-order chi connectivity index (χ0) is 14.9. The van der Waals surface area contributed by atoms with E-state index in [2.05, 4.69) is 5.32 Å². The molecule has 6 nitrogen and oxygen atoms in total. The lowest BCUT2D eigenvalue weighted by Crippen LogP contribution is -2.38. The first-order chi connectivity index (χ1) is 9.40. The van der Waals surface area contributed by atoms with E-state index in [9.17, 15) is 14.4 Å². The van der Waals surface area contributed by atoms with E-state index in [0.717, 1.165) is 11.8 Å². The smallest absolute Gasteiger partial charge is 0.335 e. The lowest BCUT2D eigenvalue weighted by atomic mass is 10.2. The number of aromatic carboxylic acids is 1. The Morgan fingerprint density at radius 3 is 2.65 bits per heavy atom. The van der Waals surface area contributed by atoms with E-state index in [4.69, 9.17) is 5.11 Å². The fourth-order valence-corrected chi connectivity index (χ4v) is 2.90. The van der Waals surface area contributed by atoms with Crippen LogP contribution < -0.4 is 5.32 Å². The van der Waals surface area contributed by atoms with Crippen LogP contribution in [0.1, 0.15) is 24.2 Å². The van der Waals surface area contributed by atoms with Gasteiger partial charge in [-0.05, 0) is 43.8 Å². The summed E-state index contributed by atoms with van der Waals surface area (Å²) in [4.78, 5) is 35.9. The summed E-state index contributed by atoms with van der Waals surface area (Å²) in [6.07, 6.45) is 0. The topological polar surface area (TPSA) is 86.7 Å². The van der Waals surface area contributed by atoms with E-state index in [0.29, 0.717) is 5.69 Å². The first-order valence-corrected chi connectivity index (χ1v) is 6.91. The Balaban J connectivity index is 2.15. The molecule has 1 fully saturated rings. The number of nitrogens with one attached hydrogen (secondary N) is 1. The number of nitrogens with zero attached hydrogens (tertiary/aromatic N) is 1. The van der Waals surface area contributed by atoms with Crippen molar-refractivity contribution < 1.29 is 19.5 Å². The van der Waals surface area contributed by atoms with Gasteiger partial charge >= 0.3 is 5.97 Å². The van der Waals surface area contributed by atoms with Gasteiger partial charge in [0.15, 0.2) is 5.37 Å². The summed E-state index contributed by atoms with van der Waals surface area (Å²) in [6.45, 7) is 3.54. The van der Waals surface area contributed by atoms with E-state index in [-0.39, 0.29) is 22.8 Å². The third kappa shape index (κ3) is 2.77. The standard InChI is InChI=1S/C13H14N2O4S/c1-7(2)15-11(16)10(20-13(15)19)14-9-5-3-4-8(6-9)12(17)18/h3-7,10,14H,1-2H3,(H,17,18)/t10-/m1/s1. The first kappa shape index (κ1) is 14.4. The number of hydrogen-bond donors (Lipinski definition) is 2. The molecule has 1 aromatic rings. The van der Waals surface area contributed by atoms with Crippen molar-refractivity contribution in [2.24, 2.45) is 0 Å². The number of benzene rings is 1. The van der Waals surface area contributed by atoms with Gasteiger partial charge < -0.3 is 10.4 Å². The summed E-state index contributed by atoms with van der Waals surface area (Å²) >= 11 is 0.898. The van der Waals surface area contributed by atoms with Gasteiger partial charge in [0, 0.05) is 11.7 Å². The van der Waals surface area contributed by atoms with Crippen LogP contribution in [0, 0.1) is 0 Å². The number of carboxylic acids is 1. The predicted octanol–water partition coefficient (Wildman–Crippen LogP) is 2.23. The van der Waals surface area contributed by atoms with Gasteiger partial charge in [-0.25, -0.2) is 4.79 Å². The van der Waals surface area contributed by atoms with Crippen LogP contribution in [0.4, 0.5) is 10.5 Å². The molecule has 1 aliphatic heterocycles. The van der Waals surface area contributed by atoms with Gasteiger partial charge in [-0.3, -0.25) is 14.5 Å². The Labute approximate surface area is 120 Å². The molecule has 2 amide bonds. The maximum absolute atomic E-state index is 12.1. The molecule has 0 unspecified atom stereocenters. The van der Waals surface area contributed by atoms with Gasteiger partial charge in [-0.2, -0.15) is 0 Å². The van der Waals surface area contributed by atoms with Crippen LogP contribution in [0.2, 0.25) is 0 Å². The van der Waals surface area contributed by atoms with Crippen LogP contribution >= 0.6 is 11.8 Å². The van der Waals surface area contributed by atoms with Crippen molar-refractivity contribution in [3.8, 4) is 0 Å². The summed E-state index contributed by atoms with van der Waals surface area (Å²) in [5, 5.41) is 10.8. The van der Waals surface area contributed by atoms with Gasteiger partial charge in [-0.1, -0.05) is 6.07 Å². The summed E-state index contributed by atoms with van der Waals surface area (Å²) in [5.74, 6) is -1.35. The number of thioether (sulfide) groups is 1. The minimum absolute atomic E-state index is 0.123. The van der Waals surface area contributed by atoms with Crippen molar-refractivity contribution in [2.45, 2.75) is 25.3 Å². The minimum atomic E-state index is -1.04. The van der Waals surface area contributed by atoms with Gasteiger partial charge in [0.2, 0.25) is 0 Å². The number of carboxylic acid groups (broad SMARTS) is 1. The number of carbonyl (C=O) groups is 3. The maximum Gasteiger partial charge on any atom is 0.335 e. The summed E-state index contributed by atoms with van der Waals surface area (Å²) < 4.78 is 0. The molecule has 1 atom stereocenters. The van der Waals surface area contributed by atoms with E-state index >= 15 is 0 Å². The molecule has 2 N–H and O–H groups in total. The fourth-order valence-electron chi connectivity index (χ4n) is 1.87. The van der Waals surface area contributed by atoms with Crippen molar-refractivity contribution in [3.63, 3.8) is 0 Å². The van der Waals surface area contributed by atoms with Crippen molar-refractivity contribution in [3.05, 3.63) is 29.8 Å². The van der Waals surface area contributed by atoms with Gasteiger partial charge in [0.05, 0.1) is 5.56 Å². The fraction of sp³-hybridized carbons (Fsp3) is 0.308. The Bertz CT molecular complexity index is 573. The second kappa shape index (κ2) is 5.54. The highest BCUT2D eigenvalue weighted by Gasteiger charge is 2.41. The molecule has 1 saturated heterocycles. The van der Waals surface area contributed by atoms with Crippen molar-refractivity contribution in [1.29, 1.82) is 0 Å². The summed E-state index contributed by atoms with van der Waals surface area (Å²) in [6, 6.07) is 5.93. The number of imide groups is 1. The van der Waals surface area contributed by atoms with E-state index < -0.39 is 11.3 Å². The third-order valence-electron chi connectivity index (χ3n) is 2.80. The molecular weight excluding hydrogens is 280 g/mol. The first-order valence-electron chi connectivity index (χ1n) is 6.03. The Morgan fingerprint density at radius 2 is 2.10 bits per heavy atom. The minimum Gasteiger partial charge on any atom is -0.478 e. The molecule has 0 bridgehead atoms. The van der Waals surface area contributed by atoms with Crippen molar-refractivity contribution in [1.82, 2.24) is 4.90 Å². The largest absolute Gasteiger partial charge is 0.478 e. The van der Waals surface area contributed by atoms with Gasteiger partial charge in [-0.15, -0.1) is 0 Å². The van der Waals surface area contributed by atoms with Crippen LogP contribution in [0.15, 0.2) is 24.3 Å². The molecule has 7 heteroatoms. The molecule has 106 valence electrons. The second-order valence-corrected chi connectivity index (χ2v) is 5.65. The summed E-state index contributed by atoms with van der Waals surface area (Å²) in [5.41, 5.74) is 0.617. The number of carbonyl (C=O) groups excluding carboxylic acids is 2. The Kier molecular flexibility index (Phi) is 3.99. The number of rotatable bonds is 4. The Hall–Kier alpha value is -2.02. The lowest BCUT2D eigenvalue weighted by molar-refractivity contribution is -0.127. The average molecular weight is 294 g/mol. The van der Waals surface area contributed by atoms with E-state index in [1.54, 1.807) is 26.0 Å². The highest BCUT2D eigenvalue weighted by atomic mass is 32.2. The molecule has 20 heavy (non-hydrogen) atoms. The van der Waals surface area contributed by atoms with Crippen LogP contribution in [-0.2, 0) is 4.79 Å². The number of amides is 2. The molecule has 0 radical (unpaired) electrons. The molecule has 1 aliphatic rings. The van der Waals surface area contributed by atoms with Crippen LogP contribution in [0.5, 0.6) is 0 Å². The maximum atomic E-state index is 12.1. The van der Waals surface area contributed by atoms with Gasteiger partial charge in [0.25, 0.3) is 11.1 Å². The van der Waals surface area contributed by atoms with Crippen LogP contribution in [-0.4, -0.2) is 38.5 Å². The zero-order valence-electron chi connectivity index (χ0n) is 11.0. The molecule has 1 heterocycles. The predicted molar refractivity (Wildman–Crippen MR) is 75.8 cm³/mol. The summed E-state index contributed by atoms with van der Waals surface area (Å²) in [7, 11) is 0. The Morgan fingerprint density at radius 1 is 1.40 bits per heavy atom. The van der Waals surface area contributed by atoms with Crippen LogP contribution in [0.25, 0.3) is 0 Å². The molecule has 0 aromatic heterocycles. The van der Waals surface area contributed by atoms with Crippen molar-refractivity contribution >= 4 is 34.6 Å². The van der Waals surface area contributed by atoms with E-state index in [1.807, 2.05) is 0 Å². The molecule has 0 spiro atoms. The quantitative estimate of drug-likeness (QED) is 0.885. The number of hydrogen-bond acceptors (Lipinski definition) is 5. The molecule has 2 rings (SSSR count). The van der Waals surface area contributed by atoms with Gasteiger partial charge in [0.1, 0.15) is 0 Å². The monoisotopic (exact) mass is 294 g/mol. The highest BCUT2D eigenvalue weighted by Crippen LogP contribution is 2.29. The zero-order valence-corrected chi connectivity index (χ0v) is 11.8. The second-order valence-electron chi connectivity index (χ2n) is 4.60. The lowest BCUT2D eigenvalue weighted by Gasteiger charge is -2.18. The molecule has 0 aliphatic carbocycles. The van der Waals surface area contributed by atoms with Crippen LogP contribution in [0.3, 0.4) is 0 Å². The highest BCUT2D eigenvalue weighted by molar-refractivity contribution is 8.15. The molecule has 0 saturated carbocycles.